The lowest BCUT2D eigenvalue weighted by Crippen LogP contribution is -2.23. The normalized spacial score (nSPS) is 12.3. The molecule has 27 heavy (non-hydrogen) atoms. The molecule has 1 heterocycles. The molecule has 0 saturated heterocycles. The molecule has 1 atom stereocenters. The first-order valence-corrected chi connectivity index (χ1v) is 8.46. The van der Waals surface area contributed by atoms with Gasteiger partial charge in [-0.15, -0.1) is 10.2 Å². The first-order chi connectivity index (χ1) is 12.9. The minimum atomic E-state index is -0.478. The van der Waals surface area contributed by atoms with E-state index in [2.05, 4.69) is 10.2 Å². The Hall–Kier alpha value is -2.84. The van der Waals surface area contributed by atoms with Crippen molar-refractivity contribution in [1.82, 2.24) is 15.1 Å². The second kappa shape index (κ2) is 7.81. The van der Waals surface area contributed by atoms with Crippen molar-refractivity contribution in [1.29, 1.82) is 0 Å². The van der Waals surface area contributed by atoms with Crippen LogP contribution < -0.4 is 0 Å². The maximum absolute atomic E-state index is 14.0. The molecule has 3 aromatic rings. The molecule has 1 aromatic heterocycles. The van der Waals surface area contributed by atoms with E-state index in [4.69, 9.17) is 16.0 Å². The van der Waals surface area contributed by atoms with Gasteiger partial charge in [-0.05, 0) is 38.2 Å². The average Bonchev–Trinajstić information content (AvgIpc) is 3.14. The third-order valence-electron chi connectivity index (χ3n) is 4.25. The number of benzene rings is 2. The molecule has 0 aliphatic heterocycles. The fourth-order valence-electron chi connectivity index (χ4n) is 2.50. The molecular formula is C18H16ClFN4O3. The van der Waals surface area contributed by atoms with E-state index < -0.39 is 4.92 Å². The van der Waals surface area contributed by atoms with Gasteiger partial charge in [-0.3, -0.25) is 15.0 Å². The summed E-state index contributed by atoms with van der Waals surface area (Å²) in [5.74, 6) is 0.223. The zero-order chi connectivity index (χ0) is 19.6. The van der Waals surface area contributed by atoms with Crippen molar-refractivity contribution in [3.8, 4) is 11.5 Å². The number of nitro groups is 1. The number of hydrogen-bond donors (Lipinski definition) is 0. The Kier molecular flexibility index (Phi) is 5.48. The Labute approximate surface area is 159 Å². The number of rotatable bonds is 6. The quantitative estimate of drug-likeness (QED) is 0.450. The lowest BCUT2D eigenvalue weighted by molar-refractivity contribution is -0.384. The minimum absolute atomic E-state index is 0.0200. The fraction of sp³-hybridized carbons (Fsp3) is 0.222. The van der Waals surface area contributed by atoms with Gasteiger partial charge in [0.05, 0.1) is 11.0 Å². The van der Waals surface area contributed by atoms with Crippen molar-refractivity contribution in [3.63, 3.8) is 0 Å². The summed E-state index contributed by atoms with van der Waals surface area (Å²) in [7, 11) is 1.79. The van der Waals surface area contributed by atoms with Gasteiger partial charge >= 0.3 is 0 Å². The van der Waals surface area contributed by atoms with E-state index in [0.29, 0.717) is 22.0 Å². The van der Waals surface area contributed by atoms with Gasteiger partial charge in [0.2, 0.25) is 11.8 Å². The van der Waals surface area contributed by atoms with E-state index in [0.717, 1.165) is 0 Å². The third-order valence-corrected chi connectivity index (χ3v) is 4.61. The standard InChI is InChI=1S/C18H16ClFN4O3/c1-11(23(2)10-14-15(19)4-3-5-16(14)20)17-21-22-18(27-17)12-6-8-13(9-7-12)24(25)26/h3-9,11H,10H2,1-2H3/t11-/m0/s1. The highest BCUT2D eigenvalue weighted by Gasteiger charge is 2.21. The van der Waals surface area contributed by atoms with Crippen LogP contribution in [0.15, 0.2) is 46.9 Å². The molecule has 7 nitrogen and oxygen atoms in total. The highest BCUT2D eigenvalue weighted by atomic mass is 35.5. The number of hydrogen-bond acceptors (Lipinski definition) is 6. The van der Waals surface area contributed by atoms with Crippen LogP contribution in [0.5, 0.6) is 0 Å². The van der Waals surface area contributed by atoms with Gasteiger partial charge in [-0.25, -0.2) is 4.39 Å². The second-order valence-electron chi connectivity index (χ2n) is 6.04. The van der Waals surface area contributed by atoms with Crippen molar-refractivity contribution >= 4 is 17.3 Å². The molecular weight excluding hydrogens is 375 g/mol. The number of non-ortho nitro benzene ring substituents is 1. The molecule has 0 aliphatic carbocycles. The summed E-state index contributed by atoms with van der Waals surface area (Å²) in [6.07, 6.45) is 0. The SMILES string of the molecule is C[C@@H](c1nnc(-c2ccc([N+](=O)[O-])cc2)o1)N(C)Cc1c(F)cccc1Cl. The Bertz CT molecular complexity index is 941. The van der Waals surface area contributed by atoms with Gasteiger partial charge in [-0.2, -0.15) is 0 Å². The lowest BCUT2D eigenvalue weighted by atomic mass is 10.1. The molecule has 0 fully saturated rings. The Morgan fingerprint density at radius 1 is 1.26 bits per heavy atom. The molecule has 140 valence electrons. The minimum Gasteiger partial charge on any atom is -0.419 e. The van der Waals surface area contributed by atoms with Crippen molar-refractivity contribution in [2.75, 3.05) is 7.05 Å². The number of nitrogens with zero attached hydrogens (tertiary/aromatic N) is 4. The summed E-state index contributed by atoms with van der Waals surface area (Å²) in [4.78, 5) is 12.1. The van der Waals surface area contributed by atoms with E-state index in [1.54, 1.807) is 31.3 Å². The van der Waals surface area contributed by atoms with Crippen LogP contribution in [0.2, 0.25) is 5.02 Å². The van der Waals surface area contributed by atoms with Crippen molar-refractivity contribution in [2.24, 2.45) is 0 Å². The maximum atomic E-state index is 14.0. The Morgan fingerprint density at radius 2 is 1.96 bits per heavy atom. The van der Waals surface area contributed by atoms with E-state index in [1.807, 2.05) is 11.8 Å². The van der Waals surface area contributed by atoms with Crippen LogP contribution in [0.3, 0.4) is 0 Å². The molecule has 0 bridgehead atoms. The van der Waals surface area contributed by atoms with Crippen LogP contribution >= 0.6 is 11.6 Å². The summed E-state index contributed by atoms with van der Waals surface area (Å²) in [6, 6.07) is 10.1. The van der Waals surface area contributed by atoms with Gasteiger partial charge in [0.25, 0.3) is 5.69 Å². The summed E-state index contributed by atoms with van der Waals surface area (Å²) < 4.78 is 19.7. The third kappa shape index (κ3) is 4.12. The largest absolute Gasteiger partial charge is 0.419 e. The predicted molar refractivity (Wildman–Crippen MR) is 97.7 cm³/mol. The first kappa shape index (κ1) is 18.9. The monoisotopic (exact) mass is 390 g/mol. The molecule has 9 heteroatoms. The highest BCUT2D eigenvalue weighted by molar-refractivity contribution is 6.31. The summed E-state index contributed by atoms with van der Waals surface area (Å²) in [5.41, 5.74) is 0.948. The Morgan fingerprint density at radius 3 is 2.59 bits per heavy atom. The summed E-state index contributed by atoms with van der Waals surface area (Å²) in [6.45, 7) is 2.11. The van der Waals surface area contributed by atoms with E-state index in [9.17, 15) is 14.5 Å². The molecule has 2 aromatic carbocycles. The number of nitro benzene ring substituents is 1. The van der Waals surface area contributed by atoms with Crippen molar-refractivity contribution in [2.45, 2.75) is 19.5 Å². The van der Waals surface area contributed by atoms with Crippen LogP contribution in [0.1, 0.15) is 24.4 Å². The Balaban J connectivity index is 1.76. The van der Waals surface area contributed by atoms with Gasteiger partial charge in [0.1, 0.15) is 5.82 Å². The topological polar surface area (TPSA) is 85.3 Å². The lowest BCUT2D eigenvalue weighted by Gasteiger charge is -2.22. The first-order valence-electron chi connectivity index (χ1n) is 8.08. The molecule has 0 N–H and O–H groups in total. The van der Waals surface area contributed by atoms with Crippen molar-refractivity contribution < 1.29 is 13.7 Å². The van der Waals surface area contributed by atoms with E-state index in [1.165, 1.54) is 18.2 Å². The second-order valence-corrected chi connectivity index (χ2v) is 6.45. The van der Waals surface area contributed by atoms with Gasteiger partial charge < -0.3 is 4.42 Å². The van der Waals surface area contributed by atoms with Gasteiger partial charge in [0, 0.05) is 34.8 Å². The zero-order valence-corrected chi connectivity index (χ0v) is 15.4. The fourth-order valence-corrected chi connectivity index (χ4v) is 2.73. The summed E-state index contributed by atoms with van der Waals surface area (Å²) in [5, 5.41) is 19.1. The number of aromatic nitrogens is 2. The van der Waals surface area contributed by atoms with Crippen LogP contribution in [0.4, 0.5) is 10.1 Å². The highest BCUT2D eigenvalue weighted by Crippen LogP contribution is 2.27. The number of halogens is 2. The molecule has 0 spiro atoms. The molecule has 0 aliphatic rings. The van der Waals surface area contributed by atoms with Crippen LogP contribution in [0, 0.1) is 15.9 Å². The zero-order valence-electron chi connectivity index (χ0n) is 14.6. The van der Waals surface area contributed by atoms with Gasteiger partial charge in [0.15, 0.2) is 0 Å². The van der Waals surface area contributed by atoms with Crippen LogP contribution in [0.25, 0.3) is 11.5 Å². The molecule has 0 saturated carbocycles. The van der Waals surface area contributed by atoms with E-state index >= 15 is 0 Å². The predicted octanol–water partition coefficient (Wildman–Crippen LogP) is 4.63. The smallest absolute Gasteiger partial charge is 0.269 e. The van der Waals surface area contributed by atoms with Gasteiger partial charge in [-0.1, -0.05) is 17.7 Å². The molecule has 0 radical (unpaired) electrons. The summed E-state index contributed by atoms with van der Waals surface area (Å²) >= 11 is 6.08. The van der Waals surface area contributed by atoms with Crippen LogP contribution in [-0.2, 0) is 6.54 Å². The molecule has 0 amide bonds. The molecule has 0 unspecified atom stereocenters. The van der Waals surface area contributed by atoms with Crippen molar-refractivity contribution in [3.05, 3.63) is 74.9 Å². The average molecular weight is 391 g/mol. The maximum Gasteiger partial charge on any atom is 0.269 e. The van der Waals surface area contributed by atoms with Crippen LogP contribution in [-0.4, -0.2) is 27.1 Å². The van der Waals surface area contributed by atoms with E-state index in [-0.39, 0.29) is 30.0 Å². The molecule has 3 rings (SSSR count).